The number of hydrogen-bond acceptors (Lipinski definition) is 0. The molecule has 40 heavy (non-hydrogen) atoms. The van der Waals surface area contributed by atoms with Crippen LogP contribution in [-0.4, -0.2) is 6.88 Å². The quantitative estimate of drug-likeness (QED) is 0.124. The van der Waals surface area contributed by atoms with Crippen LogP contribution in [0, 0.1) is 24.1 Å². The molecule has 0 N–H and O–H groups in total. The predicted octanol–water partition coefficient (Wildman–Crippen LogP) is 10.4. The summed E-state index contributed by atoms with van der Waals surface area (Å²) in [5.41, 5.74) is 6.86. The molecular formula is C36H36Cl2SiZr-4. The molecule has 1 unspecified atom stereocenters. The molecule has 1 aliphatic rings. The van der Waals surface area contributed by atoms with Crippen molar-refractivity contribution in [3.63, 3.8) is 0 Å². The maximum absolute atomic E-state index is 3.36. The Morgan fingerprint density at radius 1 is 0.675 bits per heavy atom. The number of allylic oxidation sites excluding steroid dienone is 4. The first-order valence-corrected chi connectivity index (χ1v) is 16.8. The Balaban J connectivity index is 0.000000526. The molecule has 1 aliphatic carbocycles. The van der Waals surface area contributed by atoms with Gasteiger partial charge in [0.25, 0.3) is 0 Å². The Morgan fingerprint density at radius 2 is 1.15 bits per heavy atom. The maximum Gasteiger partial charge on any atom is -0.0623 e. The zero-order valence-corrected chi connectivity index (χ0v) is 28.6. The number of fused-ring (bicyclic) bond motifs is 1. The van der Waals surface area contributed by atoms with E-state index in [0.717, 1.165) is 0 Å². The first-order valence-electron chi connectivity index (χ1n) is 12.6. The maximum atomic E-state index is 3.36. The zero-order chi connectivity index (χ0) is 27.6. The van der Waals surface area contributed by atoms with Gasteiger partial charge in [-0.2, -0.15) is 83.9 Å². The third-order valence-electron chi connectivity index (χ3n) is 6.22. The third-order valence-corrected chi connectivity index (χ3v) is 6.22. The van der Waals surface area contributed by atoms with Gasteiger partial charge in [-0.25, -0.2) is 5.57 Å². The van der Waals surface area contributed by atoms with Gasteiger partial charge in [0.2, 0.25) is 0 Å². The van der Waals surface area contributed by atoms with Crippen LogP contribution in [0.5, 0.6) is 0 Å². The van der Waals surface area contributed by atoms with E-state index in [2.05, 4.69) is 120 Å². The average Bonchev–Trinajstić information content (AvgIpc) is 3.53. The first kappa shape index (κ1) is 37.6. The van der Waals surface area contributed by atoms with Crippen molar-refractivity contribution in [1.82, 2.24) is 0 Å². The Bertz CT molecular complexity index is 1290. The monoisotopic (exact) mass is 656 g/mol. The minimum Gasteiger partial charge on any atom is -0.184 e. The molecule has 5 aromatic rings. The zero-order valence-electron chi connectivity index (χ0n) is 23.5. The summed E-state index contributed by atoms with van der Waals surface area (Å²) < 4.78 is 0. The van der Waals surface area contributed by atoms with Crippen LogP contribution in [0.1, 0.15) is 27.7 Å². The number of rotatable bonds is 1. The molecule has 0 saturated heterocycles. The van der Waals surface area contributed by atoms with Crippen molar-refractivity contribution in [1.29, 1.82) is 0 Å². The van der Waals surface area contributed by atoms with Crippen molar-refractivity contribution < 1.29 is 23.3 Å². The van der Waals surface area contributed by atoms with Gasteiger partial charge >= 0.3 is 30.2 Å². The molecule has 6 rings (SSSR count). The molecule has 0 fully saturated rings. The van der Waals surface area contributed by atoms with Gasteiger partial charge in [-0.05, 0) is 0 Å². The SMILES string of the molecule is CC1=[C-]C(C)C(C)=C1C.Cl.Cl.[Si]=[Zr].[c-]1ccccc1.[c-]1ccccc1.c1ccc(-c2c[cH-]c3ccccc23)cc1. The van der Waals surface area contributed by atoms with E-state index in [1.807, 2.05) is 60.7 Å². The van der Waals surface area contributed by atoms with Gasteiger partial charge in [0.05, 0.1) is 0 Å². The molecule has 1 atom stereocenters. The van der Waals surface area contributed by atoms with Gasteiger partial charge < -0.3 is 0 Å². The molecule has 0 nitrogen and oxygen atoms in total. The van der Waals surface area contributed by atoms with Crippen molar-refractivity contribution in [2.45, 2.75) is 27.7 Å². The Hall–Kier alpha value is -2.35. The second-order valence-electron chi connectivity index (χ2n) is 8.65. The Kier molecular flexibility index (Phi) is 21.0. The second-order valence-corrected chi connectivity index (χ2v) is 8.65. The summed E-state index contributed by atoms with van der Waals surface area (Å²) >= 11 is 1.36. The molecule has 4 heteroatoms. The largest absolute Gasteiger partial charge is 0.184 e. The van der Waals surface area contributed by atoms with Gasteiger partial charge in [0, 0.05) is 0 Å². The van der Waals surface area contributed by atoms with Gasteiger partial charge in [-0.1, -0.05) is 68.7 Å². The Morgan fingerprint density at radius 3 is 1.52 bits per heavy atom. The molecule has 0 amide bonds. The molecule has 0 saturated carbocycles. The molecule has 0 heterocycles. The molecule has 0 spiro atoms. The van der Waals surface area contributed by atoms with E-state index in [-0.39, 0.29) is 24.8 Å². The standard InChI is InChI=1S/C15H11.C9H13.2C6H5.2ClH.Si.Zr/c1-2-6-12(7-3-1)15-11-10-13-8-4-5-9-14(13)15;1-6-5-7(2)9(4)8(6)3;2*1-2-4-6-5-3-1;;;;/h1-11H;6H,1-4H3;2*1-5H;2*1H;;/q4*-1;;;;. The molecule has 5 aromatic carbocycles. The molecule has 0 aliphatic heterocycles. The van der Waals surface area contributed by atoms with E-state index in [9.17, 15) is 0 Å². The first-order chi connectivity index (χ1) is 18.6. The van der Waals surface area contributed by atoms with Crippen LogP contribution < -0.4 is 0 Å². The van der Waals surface area contributed by atoms with Gasteiger partial charge in [0.15, 0.2) is 0 Å². The fraction of sp³-hybridized carbons (Fsp3) is 0.139. The van der Waals surface area contributed by atoms with Gasteiger partial charge in [-0.15, -0.1) is 78.4 Å². The van der Waals surface area contributed by atoms with E-state index in [4.69, 9.17) is 0 Å². The van der Waals surface area contributed by atoms with Crippen LogP contribution in [0.15, 0.2) is 144 Å². The molecule has 0 bridgehead atoms. The van der Waals surface area contributed by atoms with Crippen molar-refractivity contribution in [2.75, 3.05) is 0 Å². The summed E-state index contributed by atoms with van der Waals surface area (Å²) in [6.45, 7) is 11.7. The topological polar surface area (TPSA) is 0 Å². The third kappa shape index (κ3) is 12.9. The molecule has 2 radical (unpaired) electrons. The molecule has 206 valence electrons. The number of halogens is 2. The smallest absolute Gasteiger partial charge is 0.0623 e. The van der Waals surface area contributed by atoms with Crippen LogP contribution in [0.2, 0.25) is 0 Å². The van der Waals surface area contributed by atoms with E-state index in [0.29, 0.717) is 5.92 Å². The molecular weight excluding hydrogens is 623 g/mol. The summed E-state index contributed by atoms with van der Waals surface area (Å²) in [4.78, 5) is 0. The molecule has 0 aromatic heterocycles. The van der Waals surface area contributed by atoms with Crippen molar-refractivity contribution >= 4 is 42.5 Å². The fourth-order valence-electron chi connectivity index (χ4n) is 3.87. The Labute approximate surface area is 271 Å². The second kappa shape index (κ2) is 22.4. The van der Waals surface area contributed by atoms with Crippen molar-refractivity contribution in [3.8, 4) is 11.1 Å². The summed E-state index contributed by atoms with van der Waals surface area (Å²) in [5, 5.41) is 2.65. The van der Waals surface area contributed by atoms with Crippen molar-refractivity contribution in [3.05, 3.63) is 162 Å². The predicted molar refractivity (Wildman–Crippen MR) is 176 cm³/mol. The minimum absolute atomic E-state index is 0. The summed E-state index contributed by atoms with van der Waals surface area (Å²) in [6.07, 6.45) is 3.36. The van der Waals surface area contributed by atoms with E-state index in [1.54, 1.807) is 0 Å². The van der Waals surface area contributed by atoms with E-state index in [1.165, 1.54) is 62.0 Å². The van der Waals surface area contributed by atoms with E-state index < -0.39 is 0 Å². The van der Waals surface area contributed by atoms with Crippen molar-refractivity contribution in [2.24, 2.45) is 5.92 Å². The van der Waals surface area contributed by atoms with Gasteiger partial charge in [0.1, 0.15) is 0 Å². The van der Waals surface area contributed by atoms with Gasteiger partial charge in [-0.3, -0.25) is 6.08 Å². The van der Waals surface area contributed by atoms with Crippen LogP contribution in [-0.2, 0) is 23.3 Å². The van der Waals surface area contributed by atoms with Crippen LogP contribution in [0.25, 0.3) is 21.9 Å². The van der Waals surface area contributed by atoms with E-state index >= 15 is 0 Å². The minimum atomic E-state index is 0. The van der Waals surface area contributed by atoms with Crippen LogP contribution in [0.4, 0.5) is 0 Å². The fourth-order valence-corrected chi connectivity index (χ4v) is 3.87. The summed E-state index contributed by atoms with van der Waals surface area (Å²) in [6, 6.07) is 48.4. The summed E-state index contributed by atoms with van der Waals surface area (Å²) in [5.74, 6) is 0.560. The number of hydrogen-bond donors (Lipinski definition) is 0. The normalized spacial score (nSPS) is 12.6. The van der Waals surface area contributed by atoms with Crippen LogP contribution in [0.3, 0.4) is 0 Å². The number of benzene rings is 4. The average molecular weight is 659 g/mol. The summed E-state index contributed by atoms with van der Waals surface area (Å²) in [7, 11) is 0. The van der Waals surface area contributed by atoms with Crippen LogP contribution >= 0.6 is 24.8 Å².